The Labute approximate surface area is 203 Å². The van der Waals surface area contributed by atoms with Gasteiger partial charge in [-0.25, -0.2) is 4.98 Å². The number of nitrogens with one attached hydrogen (secondary N) is 2. The Hall–Kier alpha value is -2.52. The smallest absolute Gasteiger partial charge is 0.143 e. The Morgan fingerprint density at radius 2 is 1.65 bits per heavy atom. The molecule has 5 nitrogen and oxygen atoms in total. The van der Waals surface area contributed by atoms with Crippen molar-refractivity contribution in [3.05, 3.63) is 60.0 Å². The van der Waals surface area contributed by atoms with Crippen molar-refractivity contribution < 1.29 is 4.57 Å². The zero-order valence-corrected chi connectivity index (χ0v) is 21.9. The summed E-state index contributed by atoms with van der Waals surface area (Å²) in [6.45, 7) is 8.28. The van der Waals surface area contributed by atoms with E-state index in [0.717, 1.165) is 22.4 Å². The minimum absolute atomic E-state index is 0.126. The summed E-state index contributed by atoms with van der Waals surface area (Å²) in [4.78, 5) is 5.21. The van der Waals surface area contributed by atoms with Gasteiger partial charge in [0.1, 0.15) is 24.8 Å². The molecule has 1 atom stereocenters. The number of nitrogens with zero attached hydrogens (tertiary/aromatic N) is 2. The maximum atomic E-state index is 13.7. The molecule has 1 unspecified atom stereocenters. The van der Waals surface area contributed by atoms with E-state index >= 15 is 0 Å². The molecule has 2 aromatic carbocycles. The summed E-state index contributed by atoms with van der Waals surface area (Å²) in [6, 6.07) is 16.7. The van der Waals surface area contributed by atoms with E-state index in [9.17, 15) is 4.57 Å². The molecule has 0 spiro atoms. The summed E-state index contributed by atoms with van der Waals surface area (Å²) in [5, 5.41) is 8.31. The molecule has 2 N–H and O–H groups in total. The minimum Gasteiger partial charge on any atom is -0.360 e. The van der Waals surface area contributed by atoms with Crippen LogP contribution < -0.4 is 15.9 Å². The fourth-order valence-electron chi connectivity index (χ4n) is 5.90. The Kier molecular flexibility index (Phi) is 6.10. The van der Waals surface area contributed by atoms with E-state index in [0.29, 0.717) is 5.92 Å². The Morgan fingerprint density at radius 3 is 2.29 bits per heavy atom. The molecule has 34 heavy (non-hydrogen) atoms. The quantitative estimate of drug-likeness (QED) is 0.373. The largest absolute Gasteiger partial charge is 0.360 e. The molecule has 0 saturated heterocycles. The lowest BCUT2D eigenvalue weighted by Gasteiger charge is -2.29. The number of imidazole rings is 1. The molecule has 1 aromatic heterocycles. The van der Waals surface area contributed by atoms with Crippen molar-refractivity contribution in [1.29, 1.82) is 0 Å². The van der Waals surface area contributed by atoms with E-state index in [2.05, 4.69) is 86.3 Å². The molecule has 180 valence electrons. The van der Waals surface area contributed by atoms with Crippen LogP contribution in [0.3, 0.4) is 0 Å². The number of rotatable bonds is 6. The highest BCUT2D eigenvalue weighted by atomic mass is 31.2. The molecule has 2 heterocycles. The summed E-state index contributed by atoms with van der Waals surface area (Å²) >= 11 is 0. The standard InChI is InChI=1S/C28H37N4OP/c1-18(2)34(33,19(3)4)22-16-14-21(15-17-22)29-27-25-26(23-12-8-9-13-24(23)30-27)32(5)28(31-25)20-10-6-7-11-20/h8-9,12-20,27,29-30H,6-7,10-11H2,1-5H3. The van der Waals surface area contributed by atoms with Crippen molar-refractivity contribution in [2.75, 3.05) is 10.6 Å². The van der Waals surface area contributed by atoms with Crippen molar-refractivity contribution in [3.63, 3.8) is 0 Å². The first kappa shape index (κ1) is 23.2. The van der Waals surface area contributed by atoms with Crippen LogP contribution in [0.15, 0.2) is 48.5 Å². The van der Waals surface area contributed by atoms with Gasteiger partial charge in [0.05, 0.1) is 5.69 Å². The normalized spacial score (nSPS) is 18.1. The third-order valence-corrected chi connectivity index (χ3v) is 11.9. The molecule has 1 aliphatic heterocycles. The van der Waals surface area contributed by atoms with Crippen molar-refractivity contribution in [2.45, 2.75) is 76.8 Å². The third-order valence-electron chi connectivity index (χ3n) is 7.75. The van der Waals surface area contributed by atoms with Crippen molar-refractivity contribution in [1.82, 2.24) is 9.55 Å². The molecule has 1 fully saturated rings. The van der Waals surface area contributed by atoms with Gasteiger partial charge in [-0.2, -0.15) is 0 Å². The Bertz CT molecular complexity index is 1210. The first-order valence-electron chi connectivity index (χ1n) is 12.7. The summed E-state index contributed by atoms with van der Waals surface area (Å²) in [5.41, 5.74) is 5.85. The lowest BCUT2D eigenvalue weighted by atomic mass is 10.0. The van der Waals surface area contributed by atoms with Gasteiger partial charge >= 0.3 is 0 Å². The fourth-order valence-corrected chi connectivity index (χ4v) is 8.90. The summed E-state index contributed by atoms with van der Waals surface area (Å²) < 4.78 is 16.1. The number of anilines is 2. The maximum absolute atomic E-state index is 13.7. The Balaban J connectivity index is 1.49. The van der Waals surface area contributed by atoms with Crippen LogP contribution in [-0.2, 0) is 11.6 Å². The van der Waals surface area contributed by atoms with E-state index in [1.54, 1.807) is 0 Å². The van der Waals surface area contributed by atoms with Gasteiger partial charge in [0.25, 0.3) is 0 Å². The molecular formula is C28H37N4OP. The SMILES string of the molecule is CC(C)P(=O)(c1ccc(NC2Nc3ccccc3-c3c2nc(C2CCCC2)n3C)cc1)C(C)C. The molecule has 0 bridgehead atoms. The lowest BCUT2D eigenvalue weighted by Crippen LogP contribution is -2.25. The van der Waals surface area contributed by atoms with Crippen molar-refractivity contribution in [2.24, 2.45) is 7.05 Å². The van der Waals surface area contributed by atoms with Gasteiger partial charge in [0, 0.05) is 46.5 Å². The second kappa shape index (κ2) is 8.92. The summed E-state index contributed by atoms with van der Waals surface area (Å²) in [7, 11) is -0.280. The van der Waals surface area contributed by atoms with Crippen LogP contribution in [-0.4, -0.2) is 20.9 Å². The van der Waals surface area contributed by atoms with Gasteiger partial charge in [-0.3, -0.25) is 0 Å². The third kappa shape index (κ3) is 3.79. The first-order chi connectivity index (χ1) is 16.3. The number of aromatic nitrogens is 2. The molecule has 2 aliphatic rings. The predicted molar refractivity (Wildman–Crippen MR) is 144 cm³/mol. The monoisotopic (exact) mass is 476 g/mol. The molecule has 0 amide bonds. The minimum atomic E-state index is -2.45. The maximum Gasteiger partial charge on any atom is 0.143 e. The molecular weight excluding hydrogens is 439 g/mol. The van der Waals surface area contributed by atoms with Crippen LogP contribution in [0.2, 0.25) is 0 Å². The van der Waals surface area contributed by atoms with E-state index in [1.165, 1.54) is 42.8 Å². The average molecular weight is 477 g/mol. The van der Waals surface area contributed by atoms with Crippen LogP contribution in [0.5, 0.6) is 0 Å². The molecule has 1 saturated carbocycles. The molecule has 3 aromatic rings. The molecule has 6 heteroatoms. The zero-order valence-electron chi connectivity index (χ0n) is 21.0. The zero-order chi connectivity index (χ0) is 24.0. The number of para-hydroxylation sites is 1. The van der Waals surface area contributed by atoms with Gasteiger partial charge in [-0.15, -0.1) is 0 Å². The van der Waals surface area contributed by atoms with Crippen LogP contribution >= 0.6 is 7.14 Å². The van der Waals surface area contributed by atoms with E-state index in [-0.39, 0.29) is 17.5 Å². The highest BCUT2D eigenvalue weighted by molar-refractivity contribution is 7.72. The average Bonchev–Trinajstić information content (AvgIpc) is 3.47. The highest BCUT2D eigenvalue weighted by Crippen LogP contribution is 2.54. The van der Waals surface area contributed by atoms with Crippen LogP contribution in [0, 0.1) is 0 Å². The van der Waals surface area contributed by atoms with E-state index in [4.69, 9.17) is 4.98 Å². The van der Waals surface area contributed by atoms with Crippen LogP contribution in [0.1, 0.15) is 77.0 Å². The summed E-state index contributed by atoms with van der Waals surface area (Å²) in [5.74, 6) is 1.75. The molecule has 5 rings (SSSR count). The first-order valence-corrected chi connectivity index (χ1v) is 14.5. The number of hydrogen-bond donors (Lipinski definition) is 2. The number of hydrogen-bond acceptors (Lipinski definition) is 4. The van der Waals surface area contributed by atoms with Gasteiger partial charge in [0.15, 0.2) is 0 Å². The van der Waals surface area contributed by atoms with Crippen LogP contribution in [0.4, 0.5) is 11.4 Å². The molecule has 0 radical (unpaired) electrons. The van der Waals surface area contributed by atoms with Gasteiger partial charge in [-0.05, 0) is 43.2 Å². The number of benzene rings is 2. The summed E-state index contributed by atoms with van der Waals surface area (Å²) in [6.07, 6.45) is 4.91. The van der Waals surface area contributed by atoms with Gasteiger partial charge < -0.3 is 19.8 Å². The fraction of sp³-hybridized carbons (Fsp3) is 0.464. The van der Waals surface area contributed by atoms with Crippen molar-refractivity contribution >= 4 is 23.8 Å². The Morgan fingerprint density at radius 1 is 1.00 bits per heavy atom. The second-order valence-electron chi connectivity index (χ2n) is 10.5. The molecule has 1 aliphatic carbocycles. The second-order valence-corrected chi connectivity index (χ2v) is 14.5. The van der Waals surface area contributed by atoms with E-state index in [1.807, 2.05) is 12.1 Å². The van der Waals surface area contributed by atoms with Gasteiger partial charge in [0.2, 0.25) is 0 Å². The number of fused-ring (bicyclic) bond motifs is 3. The van der Waals surface area contributed by atoms with Gasteiger partial charge in [-0.1, -0.05) is 58.7 Å². The van der Waals surface area contributed by atoms with E-state index < -0.39 is 7.14 Å². The highest BCUT2D eigenvalue weighted by Gasteiger charge is 2.34. The van der Waals surface area contributed by atoms with Crippen molar-refractivity contribution in [3.8, 4) is 11.3 Å². The predicted octanol–water partition coefficient (Wildman–Crippen LogP) is 7.09. The topological polar surface area (TPSA) is 59.0 Å². The van der Waals surface area contributed by atoms with Crippen LogP contribution in [0.25, 0.3) is 11.3 Å². The lowest BCUT2D eigenvalue weighted by molar-refractivity contribution is 0.569.